The van der Waals surface area contributed by atoms with Crippen LogP contribution < -0.4 is 5.32 Å². The van der Waals surface area contributed by atoms with Gasteiger partial charge in [-0.05, 0) is 17.9 Å². The Balaban J connectivity index is 0.000000404. The third kappa shape index (κ3) is 1.90. The third-order valence-electron chi connectivity index (χ3n) is 2.84. The van der Waals surface area contributed by atoms with Gasteiger partial charge in [0.2, 0.25) is 0 Å². The Kier molecular flexibility index (Phi) is 3.34. The first kappa shape index (κ1) is 10.6. The van der Waals surface area contributed by atoms with Gasteiger partial charge >= 0.3 is 0 Å². The average molecular weight is 220 g/mol. The first-order valence-electron chi connectivity index (χ1n) is 5.16. The number of rotatable bonds is 1. The number of para-hydroxylation sites is 1. The summed E-state index contributed by atoms with van der Waals surface area (Å²) in [4.78, 5) is 3.31. The molecule has 15 heavy (non-hydrogen) atoms. The molecule has 1 aliphatic heterocycles. The van der Waals surface area contributed by atoms with Crippen LogP contribution in [0.3, 0.4) is 0 Å². The van der Waals surface area contributed by atoms with E-state index in [-0.39, 0.29) is 0 Å². The molecule has 0 unspecified atom stereocenters. The van der Waals surface area contributed by atoms with Crippen molar-refractivity contribution in [3.05, 3.63) is 36.0 Å². The van der Waals surface area contributed by atoms with Crippen LogP contribution in [0, 0.1) is 0 Å². The van der Waals surface area contributed by atoms with Crippen LogP contribution in [0.1, 0.15) is 11.5 Å². The quantitative estimate of drug-likeness (QED) is 0.633. The summed E-state index contributed by atoms with van der Waals surface area (Å²) in [7, 11) is 0. The molecule has 2 heterocycles. The number of thiol groups is 1. The fourth-order valence-electron chi connectivity index (χ4n) is 1.94. The van der Waals surface area contributed by atoms with Gasteiger partial charge in [0.25, 0.3) is 0 Å². The first-order chi connectivity index (χ1) is 7.45. The first-order valence-corrected chi connectivity index (χ1v) is 6.06. The normalized spacial score (nSPS) is 15.6. The predicted octanol–water partition coefficient (Wildman–Crippen LogP) is 2.40. The molecule has 0 radical (unpaired) electrons. The Morgan fingerprint density at radius 1 is 1.20 bits per heavy atom. The highest BCUT2D eigenvalue weighted by atomic mass is 32.1. The molecule has 1 fully saturated rings. The van der Waals surface area contributed by atoms with Crippen LogP contribution in [0.4, 0.5) is 0 Å². The van der Waals surface area contributed by atoms with Gasteiger partial charge in [-0.1, -0.05) is 18.2 Å². The number of H-pyrrole nitrogens is 1. The minimum absolute atomic E-state index is 0.719. The van der Waals surface area contributed by atoms with Gasteiger partial charge in [0.1, 0.15) is 0 Å². The molecule has 0 amide bonds. The predicted molar refractivity (Wildman–Crippen MR) is 68.8 cm³/mol. The molecule has 1 aromatic heterocycles. The van der Waals surface area contributed by atoms with Gasteiger partial charge in [0.15, 0.2) is 0 Å². The van der Waals surface area contributed by atoms with E-state index in [1.165, 1.54) is 16.5 Å². The van der Waals surface area contributed by atoms with Crippen molar-refractivity contribution in [2.45, 2.75) is 5.92 Å². The van der Waals surface area contributed by atoms with Crippen molar-refractivity contribution >= 4 is 23.5 Å². The van der Waals surface area contributed by atoms with E-state index in [2.05, 4.69) is 53.4 Å². The molecule has 0 saturated carbocycles. The van der Waals surface area contributed by atoms with Gasteiger partial charge in [-0.25, -0.2) is 0 Å². The Morgan fingerprint density at radius 3 is 2.60 bits per heavy atom. The van der Waals surface area contributed by atoms with Crippen LogP contribution in [0.5, 0.6) is 0 Å². The van der Waals surface area contributed by atoms with Crippen LogP contribution in [0.2, 0.25) is 0 Å². The fraction of sp³-hybridized carbons (Fsp3) is 0.333. The summed E-state index contributed by atoms with van der Waals surface area (Å²) in [6, 6.07) is 8.50. The highest BCUT2D eigenvalue weighted by Crippen LogP contribution is 2.27. The summed E-state index contributed by atoms with van der Waals surface area (Å²) >= 11 is 3.53. The zero-order chi connectivity index (χ0) is 10.7. The number of nitrogens with one attached hydrogen (secondary N) is 2. The van der Waals surface area contributed by atoms with E-state index in [4.69, 9.17) is 0 Å². The standard InChI is InChI=1S/C11H12N2.CH4S/c1-2-4-11-9(3-1)10(7-13-11)8-5-12-6-8;1-2/h1-4,7-8,12-13H,5-6H2;2H,1H3. The number of aromatic nitrogens is 1. The topological polar surface area (TPSA) is 27.8 Å². The smallest absolute Gasteiger partial charge is 0.0456 e. The molecule has 0 atom stereocenters. The lowest BCUT2D eigenvalue weighted by Crippen LogP contribution is -2.39. The number of benzene rings is 1. The molecule has 2 N–H and O–H groups in total. The van der Waals surface area contributed by atoms with Crippen LogP contribution in [-0.4, -0.2) is 24.3 Å². The largest absolute Gasteiger partial charge is 0.361 e. The molecule has 0 aliphatic carbocycles. The fourth-order valence-corrected chi connectivity index (χ4v) is 1.94. The maximum absolute atomic E-state index is 3.53. The second-order valence-corrected chi connectivity index (χ2v) is 3.64. The van der Waals surface area contributed by atoms with Gasteiger partial charge in [0, 0.05) is 36.1 Å². The molecule has 3 heteroatoms. The Hall–Kier alpha value is -0.930. The van der Waals surface area contributed by atoms with Crippen molar-refractivity contribution in [2.75, 3.05) is 19.3 Å². The second-order valence-electron chi connectivity index (χ2n) is 3.64. The lowest BCUT2D eigenvalue weighted by Gasteiger charge is -2.26. The maximum Gasteiger partial charge on any atom is 0.0456 e. The number of aromatic amines is 1. The van der Waals surface area contributed by atoms with E-state index in [0.29, 0.717) is 0 Å². The van der Waals surface area contributed by atoms with E-state index < -0.39 is 0 Å². The number of fused-ring (bicyclic) bond motifs is 1. The van der Waals surface area contributed by atoms with Crippen LogP contribution in [-0.2, 0) is 0 Å². The molecule has 1 aromatic carbocycles. The van der Waals surface area contributed by atoms with Crippen LogP contribution >= 0.6 is 12.6 Å². The van der Waals surface area contributed by atoms with Crippen molar-refractivity contribution in [3.8, 4) is 0 Å². The Labute approximate surface area is 95.5 Å². The summed E-state index contributed by atoms with van der Waals surface area (Å²) in [5.41, 5.74) is 2.72. The summed E-state index contributed by atoms with van der Waals surface area (Å²) in [6.07, 6.45) is 3.84. The molecule has 1 saturated heterocycles. The van der Waals surface area contributed by atoms with Gasteiger partial charge in [-0.2, -0.15) is 12.6 Å². The molecule has 3 rings (SSSR count). The lowest BCUT2D eigenvalue weighted by atomic mass is 9.93. The minimum Gasteiger partial charge on any atom is -0.361 e. The molecule has 1 aliphatic rings. The monoisotopic (exact) mass is 220 g/mol. The third-order valence-corrected chi connectivity index (χ3v) is 2.84. The second kappa shape index (κ2) is 4.73. The lowest BCUT2D eigenvalue weighted by molar-refractivity contribution is 0.451. The molecule has 2 aromatic rings. The summed E-state index contributed by atoms with van der Waals surface area (Å²) in [5.74, 6) is 0.719. The van der Waals surface area contributed by atoms with Gasteiger partial charge < -0.3 is 10.3 Å². The Bertz CT molecular complexity index is 432. The summed E-state index contributed by atoms with van der Waals surface area (Å²) < 4.78 is 0. The maximum atomic E-state index is 3.53. The van der Waals surface area contributed by atoms with Crippen molar-refractivity contribution in [2.24, 2.45) is 0 Å². The van der Waals surface area contributed by atoms with Crippen molar-refractivity contribution in [1.82, 2.24) is 10.3 Å². The zero-order valence-corrected chi connectivity index (χ0v) is 9.72. The van der Waals surface area contributed by atoms with Crippen LogP contribution in [0.25, 0.3) is 10.9 Å². The Morgan fingerprint density at radius 2 is 1.93 bits per heavy atom. The van der Waals surface area contributed by atoms with E-state index in [1.807, 2.05) is 0 Å². The van der Waals surface area contributed by atoms with Crippen molar-refractivity contribution < 1.29 is 0 Å². The van der Waals surface area contributed by atoms with Crippen LogP contribution in [0.15, 0.2) is 30.5 Å². The van der Waals surface area contributed by atoms with Gasteiger partial charge in [-0.15, -0.1) is 0 Å². The number of hydrogen-bond acceptors (Lipinski definition) is 2. The minimum atomic E-state index is 0.719. The van der Waals surface area contributed by atoms with Crippen molar-refractivity contribution in [3.63, 3.8) is 0 Å². The molecule has 0 bridgehead atoms. The summed E-state index contributed by atoms with van der Waals surface area (Å²) in [6.45, 7) is 2.25. The highest BCUT2D eigenvalue weighted by molar-refractivity contribution is 7.79. The van der Waals surface area contributed by atoms with Gasteiger partial charge in [0.05, 0.1) is 0 Å². The molecule has 2 nitrogen and oxygen atoms in total. The zero-order valence-electron chi connectivity index (χ0n) is 8.83. The van der Waals surface area contributed by atoms with E-state index in [0.717, 1.165) is 19.0 Å². The van der Waals surface area contributed by atoms with E-state index in [9.17, 15) is 0 Å². The summed E-state index contributed by atoms with van der Waals surface area (Å²) in [5, 5.41) is 4.68. The van der Waals surface area contributed by atoms with E-state index >= 15 is 0 Å². The van der Waals surface area contributed by atoms with E-state index in [1.54, 1.807) is 6.26 Å². The number of hydrogen-bond donors (Lipinski definition) is 3. The van der Waals surface area contributed by atoms with Gasteiger partial charge in [-0.3, -0.25) is 0 Å². The molecular weight excluding hydrogens is 204 g/mol. The highest BCUT2D eigenvalue weighted by Gasteiger charge is 2.21. The molecular formula is C12H16N2S. The average Bonchev–Trinajstić information content (AvgIpc) is 2.63. The molecule has 80 valence electrons. The van der Waals surface area contributed by atoms with Crippen molar-refractivity contribution in [1.29, 1.82) is 0 Å². The SMILES string of the molecule is CS.c1ccc2c(C3CNC3)c[nH]c2c1. The molecule has 0 spiro atoms.